The fourth-order valence-corrected chi connectivity index (χ4v) is 2.92. The Labute approximate surface area is 126 Å². The summed E-state index contributed by atoms with van der Waals surface area (Å²) in [4.78, 5) is 8.85. The van der Waals surface area contributed by atoms with Gasteiger partial charge in [0.15, 0.2) is 28.2 Å². The van der Waals surface area contributed by atoms with Crippen molar-refractivity contribution in [3.63, 3.8) is 0 Å². The molecule has 0 radical (unpaired) electrons. The van der Waals surface area contributed by atoms with Crippen LogP contribution in [0.15, 0.2) is 35.2 Å². The molecule has 2 aromatic rings. The number of nitrogens with zero attached hydrogens (tertiary/aromatic N) is 1. The van der Waals surface area contributed by atoms with Gasteiger partial charge < -0.3 is 0 Å². The third kappa shape index (κ3) is 3.08. The first-order valence-electron chi connectivity index (χ1n) is 5.74. The first kappa shape index (κ1) is 16.7. The Bertz CT molecular complexity index is 876. The van der Waals surface area contributed by atoms with Crippen molar-refractivity contribution >= 4 is 21.4 Å². The van der Waals surface area contributed by atoms with Crippen molar-refractivity contribution < 1.29 is 30.9 Å². The zero-order chi connectivity index (χ0) is 17.4. The van der Waals surface area contributed by atoms with Gasteiger partial charge in [0, 0.05) is 12.1 Å². The average molecular weight is 350 g/mol. The summed E-state index contributed by atoms with van der Waals surface area (Å²) in [5, 5.41) is 10.8. The summed E-state index contributed by atoms with van der Waals surface area (Å²) in [6.07, 6.45) is 0. The highest BCUT2D eigenvalue weighted by molar-refractivity contribution is 7.92. The molecule has 0 saturated heterocycles. The van der Waals surface area contributed by atoms with Crippen molar-refractivity contribution in [1.82, 2.24) is 0 Å². The van der Waals surface area contributed by atoms with Gasteiger partial charge in [0.2, 0.25) is 0 Å². The van der Waals surface area contributed by atoms with Gasteiger partial charge in [-0.25, -0.2) is 26.0 Å². The molecule has 0 spiro atoms. The van der Waals surface area contributed by atoms with Crippen LogP contribution in [0.25, 0.3) is 0 Å². The molecule has 1 N–H and O–H groups in total. The molecule has 6 nitrogen and oxygen atoms in total. The van der Waals surface area contributed by atoms with Gasteiger partial charge in [-0.15, -0.1) is 0 Å². The summed E-state index contributed by atoms with van der Waals surface area (Å²) in [5.41, 5.74) is -2.49. The summed E-state index contributed by atoms with van der Waals surface area (Å²) < 4.78 is 78.6. The molecule has 23 heavy (non-hydrogen) atoms. The highest BCUT2D eigenvalue weighted by Gasteiger charge is 2.29. The fourth-order valence-electron chi connectivity index (χ4n) is 1.69. The maximum atomic E-state index is 13.5. The van der Waals surface area contributed by atoms with E-state index in [2.05, 4.69) is 0 Å². The molecule has 2 aromatic carbocycles. The predicted octanol–water partition coefficient (Wildman–Crippen LogP) is 2.95. The van der Waals surface area contributed by atoms with E-state index in [1.54, 1.807) is 0 Å². The summed E-state index contributed by atoms with van der Waals surface area (Å²) in [6, 6.07) is 3.83. The molecule has 0 aliphatic rings. The van der Waals surface area contributed by atoms with Gasteiger partial charge in [0.1, 0.15) is 5.69 Å². The summed E-state index contributed by atoms with van der Waals surface area (Å²) in [6.45, 7) is 0. The second-order valence-corrected chi connectivity index (χ2v) is 5.82. The van der Waals surface area contributed by atoms with Crippen molar-refractivity contribution in [3.05, 3.63) is 63.7 Å². The lowest BCUT2D eigenvalue weighted by molar-refractivity contribution is -0.387. The molecule has 0 aliphatic carbocycles. The van der Waals surface area contributed by atoms with E-state index in [0.717, 1.165) is 18.2 Å². The van der Waals surface area contributed by atoms with E-state index in [0.29, 0.717) is 0 Å². The number of rotatable bonds is 4. The molecular formula is C12H6F4N2O4S. The standard InChI is InChI=1S/C12H6F4N2O4S/c13-6-5-7(14)11(16)12(10(6)15)17-23(21,22)9-4-2-1-3-8(9)18(19)20/h1-5,17H. The third-order valence-corrected chi connectivity index (χ3v) is 4.10. The Hall–Kier alpha value is -2.69. The summed E-state index contributed by atoms with van der Waals surface area (Å²) in [7, 11) is -4.87. The number of halogens is 4. The fraction of sp³-hybridized carbons (Fsp3) is 0. The molecule has 0 aliphatic heterocycles. The van der Waals surface area contributed by atoms with Crippen molar-refractivity contribution in [2.45, 2.75) is 4.90 Å². The molecule has 0 fully saturated rings. The number of hydrogen-bond donors (Lipinski definition) is 1. The van der Waals surface area contributed by atoms with E-state index in [4.69, 9.17) is 0 Å². The van der Waals surface area contributed by atoms with Gasteiger partial charge in [0.05, 0.1) is 4.92 Å². The van der Waals surface area contributed by atoms with Crippen LogP contribution < -0.4 is 4.72 Å². The Morgan fingerprint density at radius 3 is 2.04 bits per heavy atom. The van der Waals surface area contributed by atoms with E-state index in [-0.39, 0.29) is 6.07 Å². The highest BCUT2D eigenvalue weighted by atomic mass is 32.2. The number of anilines is 1. The van der Waals surface area contributed by atoms with Crippen LogP contribution in [0.5, 0.6) is 0 Å². The van der Waals surface area contributed by atoms with Crippen molar-refractivity contribution in [1.29, 1.82) is 0 Å². The number of nitrogens with one attached hydrogen (secondary N) is 1. The first-order chi connectivity index (χ1) is 10.6. The van der Waals surface area contributed by atoms with Crippen molar-refractivity contribution in [2.24, 2.45) is 0 Å². The zero-order valence-electron chi connectivity index (χ0n) is 10.9. The van der Waals surface area contributed by atoms with Crippen LogP contribution in [-0.2, 0) is 10.0 Å². The molecule has 11 heteroatoms. The second-order valence-electron chi connectivity index (χ2n) is 4.17. The molecule has 0 unspecified atom stereocenters. The van der Waals surface area contributed by atoms with Crippen LogP contribution >= 0.6 is 0 Å². The van der Waals surface area contributed by atoms with Crippen molar-refractivity contribution in [3.8, 4) is 0 Å². The largest absolute Gasteiger partial charge is 0.289 e. The number of nitro groups is 1. The molecule has 0 amide bonds. The molecule has 122 valence electrons. The van der Waals surface area contributed by atoms with Crippen LogP contribution in [-0.4, -0.2) is 13.3 Å². The molecule has 0 heterocycles. The molecule has 0 aromatic heterocycles. The van der Waals surface area contributed by atoms with E-state index in [1.807, 2.05) is 0 Å². The van der Waals surface area contributed by atoms with Gasteiger partial charge in [0.25, 0.3) is 15.7 Å². The predicted molar refractivity (Wildman–Crippen MR) is 70.2 cm³/mol. The van der Waals surface area contributed by atoms with Crippen LogP contribution in [0.4, 0.5) is 28.9 Å². The summed E-state index contributed by atoms with van der Waals surface area (Å²) >= 11 is 0. The van der Waals surface area contributed by atoms with E-state index >= 15 is 0 Å². The number of hydrogen-bond acceptors (Lipinski definition) is 4. The SMILES string of the molecule is O=[N+]([O-])c1ccccc1S(=O)(=O)Nc1c(F)c(F)cc(F)c1F. The molecule has 0 atom stereocenters. The van der Waals surface area contributed by atoms with Crippen LogP contribution in [0.1, 0.15) is 0 Å². The number of nitro benzene ring substituents is 1. The quantitative estimate of drug-likeness (QED) is 0.397. The van der Waals surface area contributed by atoms with Crippen molar-refractivity contribution in [2.75, 3.05) is 4.72 Å². The molecular weight excluding hydrogens is 344 g/mol. The zero-order valence-corrected chi connectivity index (χ0v) is 11.7. The van der Waals surface area contributed by atoms with Crippen LogP contribution in [0.2, 0.25) is 0 Å². The average Bonchev–Trinajstić information content (AvgIpc) is 2.49. The second kappa shape index (κ2) is 5.83. The van der Waals surface area contributed by atoms with Crippen LogP contribution in [0, 0.1) is 33.4 Å². The summed E-state index contributed by atoms with van der Waals surface area (Å²) in [5.74, 6) is -7.62. The lowest BCUT2D eigenvalue weighted by Crippen LogP contribution is -2.17. The Morgan fingerprint density at radius 1 is 1.00 bits per heavy atom. The van der Waals surface area contributed by atoms with Gasteiger partial charge in [-0.2, -0.15) is 0 Å². The monoisotopic (exact) mass is 350 g/mol. The van der Waals surface area contributed by atoms with Gasteiger partial charge >= 0.3 is 0 Å². The minimum absolute atomic E-state index is 0.104. The van der Waals surface area contributed by atoms with E-state index < -0.39 is 54.5 Å². The molecule has 0 bridgehead atoms. The normalized spacial score (nSPS) is 11.3. The number of benzene rings is 2. The van der Waals surface area contributed by atoms with Crippen LogP contribution in [0.3, 0.4) is 0 Å². The minimum Gasteiger partial charge on any atom is -0.273 e. The number of sulfonamides is 1. The Kier molecular flexibility index (Phi) is 4.23. The maximum absolute atomic E-state index is 13.5. The lowest BCUT2D eigenvalue weighted by atomic mass is 10.3. The van der Waals surface area contributed by atoms with Gasteiger partial charge in [-0.3, -0.25) is 14.8 Å². The van der Waals surface area contributed by atoms with E-state index in [9.17, 15) is 36.1 Å². The van der Waals surface area contributed by atoms with Gasteiger partial charge in [-0.1, -0.05) is 12.1 Å². The topological polar surface area (TPSA) is 89.3 Å². The smallest absolute Gasteiger partial charge is 0.273 e. The Morgan fingerprint density at radius 2 is 1.52 bits per heavy atom. The van der Waals surface area contributed by atoms with E-state index in [1.165, 1.54) is 10.8 Å². The minimum atomic E-state index is -4.87. The Balaban J connectivity index is 2.59. The number of para-hydroxylation sites is 1. The lowest BCUT2D eigenvalue weighted by Gasteiger charge is -2.11. The third-order valence-electron chi connectivity index (χ3n) is 2.70. The maximum Gasteiger partial charge on any atom is 0.289 e. The highest BCUT2D eigenvalue weighted by Crippen LogP contribution is 2.29. The first-order valence-corrected chi connectivity index (χ1v) is 7.22. The van der Waals surface area contributed by atoms with Gasteiger partial charge in [-0.05, 0) is 6.07 Å². The molecule has 0 saturated carbocycles. The molecule has 2 rings (SSSR count).